The Balaban J connectivity index is 2.17. The quantitative estimate of drug-likeness (QED) is 0.749. The van der Waals surface area contributed by atoms with E-state index < -0.39 is 11.6 Å². The summed E-state index contributed by atoms with van der Waals surface area (Å²) in [6, 6.07) is 3.94. The Morgan fingerprint density at radius 1 is 1.40 bits per heavy atom. The van der Waals surface area contributed by atoms with Crippen molar-refractivity contribution in [1.29, 1.82) is 0 Å². The van der Waals surface area contributed by atoms with Crippen LogP contribution in [0.4, 0.5) is 8.78 Å². The molecule has 1 aliphatic rings. The molecule has 0 saturated heterocycles. The molecule has 1 aromatic rings. The molecule has 1 aliphatic carbocycles. The maximum Gasteiger partial charge on any atom is 0.162 e. The van der Waals surface area contributed by atoms with Crippen LogP contribution in [0.15, 0.2) is 18.2 Å². The molecular formula is C12H12F2O. The Hall–Kier alpha value is -1.25. The van der Waals surface area contributed by atoms with Crippen LogP contribution in [0.5, 0.6) is 0 Å². The Labute approximate surface area is 87.1 Å². The van der Waals surface area contributed by atoms with Crippen LogP contribution in [0.1, 0.15) is 25.3 Å². The first kappa shape index (κ1) is 10.3. The second-order valence-electron chi connectivity index (χ2n) is 4.37. The van der Waals surface area contributed by atoms with Gasteiger partial charge in [-0.3, -0.25) is 4.79 Å². The number of halogens is 2. The standard InChI is InChI=1S/C12H12F2O/c1-12(5-6-12)10(15)7-8-3-2-4-9(13)11(8)14/h2-4H,5-7H2,1H3. The molecule has 0 heterocycles. The molecule has 1 fully saturated rings. The van der Waals surface area contributed by atoms with Crippen molar-refractivity contribution < 1.29 is 13.6 Å². The van der Waals surface area contributed by atoms with E-state index in [4.69, 9.17) is 0 Å². The zero-order valence-corrected chi connectivity index (χ0v) is 8.52. The van der Waals surface area contributed by atoms with Gasteiger partial charge in [0.1, 0.15) is 5.78 Å². The van der Waals surface area contributed by atoms with Crippen LogP contribution in [-0.4, -0.2) is 5.78 Å². The third-order valence-corrected chi connectivity index (χ3v) is 3.06. The van der Waals surface area contributed by atoms with E-state index in [2.05, 4.69) is 0 Å². The van der Waals surface area contributed by atoms with Gasteiger partial charge in [-0.25, -0.2) is 8.78 Å². The highest BCUT2D eigenvalue weighted by molar-refractivity contribution is 5.88. The lowest BCUT2D eigenvalue weighted by Crippen LogP contribution is -2.15. The summed E-state index contributed by atoms with van der Waals surface area (Å²) in [6.07, 6.45) is 1.73. The molecule has 2 rings (SSSR count). The minimum Gasteiger partial charge on any atom is -0.299 e. The Kier molecular flexibility index (Phi) is 2.33. The largest absolute Gasteiger partial charge is 0.299 e. The van der Waals surface area contributed by atoms with Crippen molar-refractivity contribution >= 4 is 5.78 Å². The minimum atomic E-state index is -0.893. The fourth-order valence-corrected chi connectivity index (χ4v) is 1.54. The summed E-state index contributed by atoms with van der Waals surface area (Å²) >= 11 is 0. The van der Waals surface area contributed by atoms with Crippen LogP contribution in [0.3, 0.4) is 0 Å². The molecule has 1 aromatic carbocycles. The number of rotatable bonds is 3. The zero-order valence-electron chi connectivity index (χ0n) is 8.52. The monoisotopic (exact) mass is 210 g/mol. The number of hydrogen-bond donors (Lipinski definition) is 0. The smallest absolute Gasteiger partial charge is 0.162 e. The molecule has 0 bridgehead atoms. The third-order valence-electron chi connectivity index (χ3n) is 3.06. The fourth-order valence-electron chi connectivity index (χ4n) is 1.54. The second kappa shape index (κ2) is 3.40. The molecule has 0 amide bonds. The highest BCUT2D eigenvalue weighted by atomic mass is 19.2. The molecular weight excluding hydrogens is 198 g/mol. The fraction of sp³-hybridized carbons (Fsp3) is 0.417. The lowest BCUT2D eigenvalue weighted by atomic mass is 9.97. The van der Waals surface area contributed by atoms with Gasteiger partial charge < -0.3 is 0 Å². The van der Waals surface area contributed by atoms with Crippen LogP contribution in [0.2, 0.25) is 0 Å². The van der Waals surface area contributed by atoms with Crippen LogP contribution >= 0.6 is 0 Å². The minimum absolute atomic E-state index is 0.0000926. The number of carbonyl (C=O) groups is 1. The number of carbonyl (C=O) groups excluding carboxylic acids is 1. The van der Waals surface area contributed by atoms with E-state index in [-0.39, 0.29) is 23.2 Å². The van der Waals surface area contributed by atoms with Crippen molar-refractivity contribution in [3.8, 4) is 0 Å². The molecule has 0 N–H and O–H groups in total. The van der Waals surface area contributed by atoms with Gasteiger partial charge in [0.25, 0.3) is 0 Å². The van der Waals surface area contributed by atoms with Gasteiger partial charge in [0, 0.05) is 11.8 Å². The van der Waals surface area contributed by atoms with Gasteiger partial charge in [-0.1, -0.05) is 19.1 Å². The van der Waals surface area contributed by atoms with Crippen molar-refractivity contribution in [3.05, 3.63) is 35.4 Å². The Morgan fingerprint density at radius 2 is 2.07 bits per heavy atom. The molecule has 0 spiro atoms. The molecule has 3 heteroatoms. The number of hydrogen-bond acceptors (Lipinski definition) is 1. The van der Waals surface area contributed by atoms with E-state index in [1.165, 1.54) is 12.1 Å². The number of Topliss-reactive ketones (excluding diaryl/α,β-unsaturated/α-hetero) is 1. The van der Waals surface area contributed by atoms with Gasteiger partial charge in [0.2, 0.25) is 0 Å². The maximum absolute atomic E-state index is 13.2. The van der Waals surface area contributed by atoms with E-state index >= 15 is 0 Å². The first-order valence-electron chi connectivity index (χ1n) is 4.99. The summed E-state index contributed by atoms with van der Waals surface area (Å²) in [7, 11) is 0. The van der Waals surface area contributed by atoms with E-state index in [0.717, 1.165) is 18.9 Å². The molecule has 0 aliphatic heterocycles. The Bertz CT molecular complexity index is 408. The average Bonchev–Trinajstić information content (AvgIpc) is 2.93. The predicted molar refractivity (Wildman–Crippen MR) is 52.4 cm³/mol. The first-order valence-corrected chi connectivity index (χ1v) is 4.99. The average molecular weight is 210 g/mol. The van der Waals surface area contributed by atoms with Crippen LogP contribution in [0, 0.1) is 17.0 Å². The van der Waals surface area contributed by atoms with Gasteiger partial charge in [0.05, 0.1) is 0 Å². The van der Waals surface area contributed by atoms with Gasteiger partial charge in [-0.2, -0.15) is 0 Å². The van der Waals surface area contributed by atoms with Crippen molar-refractivity contribution in [2.45, 2.75) is 26.2 Å². The van der Waals surface area contributed by atoms with E-state index in [1.807, 2.05) is 6.92 Å². The van der Waals surface area contributed by atoms with Crippen LogP contribution in [-0.2, 0) is 11.2 Å². The van der Waals surface area contributed by atoms with Gasteiger partial charge in [-0.05, 0) is 24.5 Å². The molecule has 0 radical (unpaired) electrons. The maximum atomic E-state index is 13.2. The zero-order chi connectivity index (χ0) is 11.1. The number of benzene rings is 1. The third kappa shape index (κ3) is 1.91. The molecule has 0 aromatic heterocycles. The van der Waals surface area contributed by atoms with Gasteiger partial charge in [0.15, 0.2) is 11.6 Å². The summed E-state index contributed by atoms with van der Waals surface area (Å²) < 4.78 is 26.1. The summed E-state index contributed by atoms with van der Waals surface area (Å²) in [6.45, 7) is 1.87. The van der Waals surface area contributed by atoms with Crippen molar-refractivity contribution in [2.24, 2.45) is 5.41 Å². The highest BCUT2D eigenvalue weighted by Gasteiger charge is 2.44. The normalized spacial score (nSPS) is 17.5. The van der Waals surface area contributed by atoms with Gasteiger partial charge in [-0.15, -0.1) is 0 Å². The summed E-state index contributed by atoms with van der Waals surface area (Å²) in [5, 5.41) is 0. The van der Waals surface area contributed by atoms with Crippen molar-refractivity contribution in [2.75, 3.05) is 0 Å². The lowest BCUT2D eigenvalue weighted by molar-refractivity contribution is -0.122. The second-order valence-corrected chi connectivity index (χ2v) is 4.37. The summed E-state index contributed by atoms with van der Waals surface area (Å²) in [5.74, 6) is -1.77. The molecule has 1 saturated carbocycles. The number of ketones is 1. The summed E-state index contributed by atoms with van der Waals surface area (Å²) in [4.78, 5) is 11.7. The van der Waals surface area contributed by atoms with Crippen LogP contribution in [0.25, 0.3) is 0 Å². The first-order chi connectivity index (χ1) is 7.03. The van der Waals surface area contributed by atoms with Gasteiger partial charge >= 0.3 is 0 Å². The van der Waals surface area contributed by atoms with E-state index in [0.29, 0.717) is 0 Å². The Morgan fingerprint density at radius 3 is 2.67 bits per heavy atom. The predicted octanol–water partition coefficient (Wildman–Crippen LogP) is 2.88. The summed E-state index contributed by atoms with van der Waals surface area (Å²) in [5.41, 5.74) is -0.119. The molecule has 1 nitrogen and oxygen atoms in total. The van der Waals surface area contributed by atoms with Crippen molar-refractivity contribution in [1.82, 2.24) is 0 Å². The SMILES string of the molecule is CC1(C(=O)Cc2cccc(F)c2F)CC1. The molecule has 15 heavy (non-hydrogen) atoms. The molecule has 80 valence electrons. The highest BCUT2D eigenvalue weighted by Crippen LogP contribution is 2.46. The van der Waals surface area contributed by atoms with E-state index in [1.54, 1.807) is 0 Å². The van der Waals surface area contributed by atoms with E-state index in [9.17, 15) is 13.6 Å². The topological polar surface area (TPSA) is 17.1 Å². The molecule has 0 unspecified atom stereocenters. The van der Waals surface area contributed by atoms with Crippen molar-refractivity contribution in [3.63, 3.8) is 0 Å². The lowest BCUT2D eigenvalue weighted by Gasteiger charge is -2.07. The molecule has 0 atom stereocenters. The van der Waals surface area contributed by atoms with Crippen LogP contribution < -0.4 is 0 Å².